The molecule has 0 aliphatic heterocycles. The van der Waals surface area contributed by atoms with Crippen LogP contribution in [0.25, 0.3) is 21.9 Å². The second kappa shape index (κ2) is 8.12. The molecule has 1 N–H and O–H groups in total. The van der Waals surface area contributed by atoms with E-state index in [4.69, 9.17) is 4.74 Å². The van der Waals surface area contributed by atoms with Gasteiger partial charge < -0.3 is 4.74 Å². The normalized spacial score (nSPS) is 12.0. The summed E-state index contributed by atoms with van der Waals surface area (Å²) in [6, 6.07) is 14.5. The van der Waals surface area contributed by atoms with Crippen LogP contribution >= 0.6 is 0 Å². The van der Waals surface area contributed by atoms with Gasteiger partial charge in [-0.05, 0) is 46.7 Å². The lowest BCUT2D eigenvalue weighted by atomic mass is 9.96. The highest BCUT2D eigenvalue weighted by Crippen LogP contribution is 2.39. The number of ether oxygens (including phenoxy) is 1. The number of nitrogens with one attached hydrogen (secondary N) is 1. The lowest BCUT2D eigenvalue weighted by Gasteiger charge is -2.15. The van der Waals surface area contributed by atoms with Crippen LogP contribution in [-0.4, -0.2) is 25.5 Å². The molecule has 4 rings (SSSR count). The van der Waals surface area contributed by atoms with Crippen LogP contribution < -0.4 is 9.46 Å². The number of methoxy groups -OCH3 is 1. The summed E-state index contributed by atoms with van der Waals surface area (Å²) < 4.78 is 72.2. The van der Waals surface area contributed by atoms with Gasteiger partial charge in [-0.1, -0.05) is 30.3 Å². The summed E-state index contributed by atoms with van der Waals surface area (Å²) in [6.45, 7) is 0. The fraction of sp³-hybridized carbons (Fsp3) is 0.0909. The summed E-state index contributed by atoms with van der Waals surface area (Å²) in [5.41, 5.74) is 0.245. The van der Waals surface area contributed by atoms with Crippen molar-refractivity contribution in [2.24, 2.45) is 0 Å². The van der Waals surface area contributed by atoms with Gasteiger partial charge in [0.1, 0.15) is 5.75 Å². The lowest BCUT2D eigenvalue weighted by Crippen LogP contribution is -2.14. The number of benzene rings is 3. The molecule has 0 atom stereocenters. The molecule has 0 radical (unpaired) electrons. The molecule has 0 bridgehead atoms. The van der Waals surface area contributed by atoms with E-state index < -0.39 is 21.8 Å². The highest BCUT2D eigenvalue weighted by atomic mass is 32.2. The molecule has 0 aliphatic rings. The van der Waals surface area contributed by atoms with Crippen LogP contribution in [0.4, 0.5) is 19.1 Å². The Kier molecular flexibility index (Phi) is 5.47. The Morgan fingerprint density at radius 2 is 1.66 bits per heavy atom. The second-order valence-electron chi connectivity index (χ2n) is 6.78. The van der Waals surface area contributed by atoms with Crippen molar-refractivity contribution in [3.8, 4) is 16.9 Å². The molecule has 1 heterocycles. The number of hydrogen-bond acceptors (Lipinski definition) is 5. The van der Waals surface area contributed by atoms with Gasteiger partial charge in [0.25, 0.3) is 10.0 Å². The van der Waals surface area contributed by atoms with Gasteiger partial charge in [-0.2, -0.15) is 13.2 Å². The molecular weight excluding hydrogens is 443 g/mol. The molecule has 164 valence electrons. The summed E-state index contributed by atoms with van der Waals surface area (Å²) >= 11 is 0. The van der Waals surface area contributed by atoms with E-state index in [1.165, 1.54) is 37.7 Å². The van der Waals surface area contributed by atoms with Crippen molar-refractivity contribution in [3.63, 3.8) is 0 Å². The number of halogens is 3. The van der Waals surface area contributed by atoms with Crippen molar-refractivity contribution in [2.75, 3.05) is 11.8 Å². The number of anilines is 1. The van der Waals surface area contributed by atoms with Crippen molar-refractivity contribution in [1.82, 2.24) is 9.97 Å². The zero-order valence-corrected chi connectivity index (χ0v) is 17.4. The molecular formula is C22H16F3N3O3S. The van der Waals surface area contributed by atoms with Crippen molar-refractivity contribution in [3.05, 3.63) is 78.6 Å². The predicted octanol–water partition coefficient (Wildman–Crippen LogP) is 5.13. The molecule has 3 aromatic carbocycles. The van der Waals surface area contributed by atoms with Crippen LogP contribution in [0.5, 0.6) is 5.75 Å². The monoisotopic (exact) mass is 459 g/mol. The Labute approximate surface area is 181 Å². The lowest BCUT2D eigenvalue weighted by molar-refractivity contribution is -0.137. The first-order valence-electron chi connectivity index (χ1n) is 9.27. The summed E-state index contributed by atoms with van der Waals surface area (Å²) in [4.78, 5) is 7.70. The summed E-state index contributed by atoms with van der Waals surface area (Å²) in [7, 11) is -2.64. The maximum Gasteiger partial charge on any atom is 0.416 e. The van der Waals surface area contributed by atoms with Gasteiger partial charge in [0.05, 0.1) is 17.6 Å². The largest absolute Gasteiger partial charge is 0.496 e. The van der Waals surface area contributed by atoms with Crippen LogP contribution in [0.1, 0.15) is 5.56 Å². The Hall–Kier alpha value is -3.66. The first kappa shape index (κ1) is 21.6. The summed E-state index contributed by atoms with van der Waals surface area (Å²) in [5.74, 6) is 0.00255. The highest BCUT2D eigenvalue weighted by molar-refractivity contribution is 7.92. The number of rotatable bonds is 5. The minimum absolute atomic E-state index is 0.00557. The number of sulfonamides is 1. The minimum Gasteiger partial charge on any atom is -0.496 e. The third kappa shape index (κ3) is 4.22. The van der Waals surface area contributed by atoms with E-state index in [1.54, 1.807) is 30.3 Å². The van der Waals surface area contributed by atoms with E-state index in [0.29, 0.717) is 21.9 Å². The smallest absolute Gasteiger partial charge is 0.416 e. The quantitative estimate of drug-likeness (QED) is 0.448. The molecule has 1 aromatic heterocycles. The van der Waals surface area contributed by atoms with Crippen LogP contribution in [0.15, 0.2) is 78.0 Å². The molecule has 0 aliphatic carbocycles. The van der Waals surface area contributed by atoms with Crippen LogP contribution in [0.3, 0.4) is 0 Å². The Bertz CT molecular complexity index is 1390. The Morgan fingerprint density at radius 3 is 2.34 bits per heavy atom. The maximum atomic E-state index is 13.1. The van der Waals surface area contributed by atoms with E-state index in [1.807, 2.05) is 0 Å². The molecule has 0 fully saturated rings. The third-order valence-corrected chi connectivity index (χ3v) is 6.10. The maximum absolute atomic E-state index is 13.1. The minimum atomic E-state index is -4.50. The first-order chi connectivity index (χ1) is 15.2. The van der Waals surface area contributed by atoms with E-state index in [-0.39, 0.29) is 16.6 Å². The zero-order chi connectivity index (χ0) is 22.9. The summed E-state index contributed by atoms with van der Waals surface area (Å²) in [6.07, 6.45) is -1.67. The molecule has 0 spiro atoms. The zero-order valence-electron chi connectivity index (χ0n) is 16.6. The molecule has 6 nitrogen and oxygen atoms in total. The molecule has 0 saturated heterocycles. The predicted molar refractivity (Wildman–Crippen MR) is 114 cm³/mol. The van der Waals surface area contributed by atoms with Gasteiger partial charge in [0.2, 0.25) is 5.95 Å². The Morgan fingerprint density at radius 1 is 0.906 bits per heavy atom. The number of hydrogen-bond donors (Lipinski definition) is 1. The average molecular weight is 459 g/mol. The van der Waals surface area contributed by atoms with E-state index in [2.05, 4.69) is 14.7 Å². The van der Waals surface area contributed by atoms with Gasteiger partial charge in [-0.25, -0.2) is 23.1 Å². The van der Waals surface area contributed by atoms with E-state index in [9.17, 15) is 21.6 Å². The van der Waals surface area contributed by atoms with Gasteiger partial charge >= 0.3 is 6.18 Å². The SMILES string of the molecule is COc1cc(C(F)(F)F)ccc1-c1cccc2cc(S(=O)(=O)Nc3ncccn3)ccc12. The standard InChI is InChI=1S/C22H16F3N3O3S/c1-31-20-13-15(22(23,24)25)6-8-19(20)18-5-2-4-14-12-16(7-9-17(14)18)32(29,30)28-21-26-10-3-11-27-21/h2-13H,1H3,(H,26,27,28). The molecule has 10 heteroatoms. The van der Waals surface area contributed by atoms with Gasteiger partial charge in [0, 0.05) is 18.0 Å². The number of nitrogens with zero attached hydrogens (tertiary/aromatic N) is 2. The molecule has 0 unspecified atom stereocenters. The van der Waals surface area contributed by atoms with Crippen LogP contribution in [0.2, 0.25) is 0 Å². The fourth-order valence-electron chi connectivity index (χ4n) is 3.28. The number of aromatic nitrogens is 2. The van der Waals surface area contributed by atoms with Crippen LogP contribution in [-0.2, 0) is 16.2 Å². The summed E-state index contributed by atoms with van der Waals surface area (Å²) in [5, 5.41) is 1.24. The first-order valence-corrected chi connectivity index (χ1v) is 10.8. The molecule has 0 saturated carbocycles. The van der Waals surface area contributed by atoms with E-state index >= 15 is 0 Å². The Balaban J connectivity index is 1.78. The molecule has 32 heavy (non-hydrogen) atoms. The van der Waals surface area contributed by atoms with E-state index in [0.717, 1.165) is 12.1 Å². The average Bonchev–Trinajstić information content (AvgIpc) is 2.77. The fourth-order valence-corrected chi connectivity index (χ4v) is 4.28. The molecule has 4 aromatic rings. The van der Waals surface area contributed by atoms with Crippen molar-refractivity contribution in [1.29, 1.82) is 0 Å². The topological polar surface area (TPSA) is 81.2 Å². The third-order valence-electron chi connectivity index (χ3n) is 4.77. The van der Waals surface area contributed by atoms with Crippen molar-refractivity contribution >= 4 is 26.7 Å². The van der Waals surface area contributed by atoms with Gasteiger partial charge in [0.15, 0.2) is 0 Å². The van der Waals surface area contributed by atoms with Crippen molar-refractivity contribution < 1.29 is 26.3 Å². The van der Waals surface area contributed by atoms with Crippen LogP contribution in [0, 0.1) is 0 Å². The van der Waals surface area contributed by atoms with Crippen molar-refractivity contribution in [2.45, 2.75) is 11.1 Å². The number of fused-ring (bicyclic) bond motifs is 1. The highest BCUT2D eigenvalue weighted by Gasteiger charge is 2.31. The van der Waals surface area contributed by atoms with Gasteiger partial charge in [-0.15, -0.1) is 0 Å². The second-order valence-corrected chi connectivity index (χ2v) is 8.46. The van der Waals surface area contributed by atoms with Gasteiger partial charge in [-0.3, -0.25) is 0 Å². The number of alkyl halides is 3. The molecule has 0 amide bonds.